The number of primary amides is 1. The van der Waals surface area contributed by atoms with Gasteiger partial charge in [0.2, 0.25) is 11.8 Å². The number of hydrogen-bond acceptors (Lipinski definition) is 3. The predicted molar refractivity (Wildman–Crippen MR) is 101 cm³/mol. The molecule has 26 heavy (non-hydrogen) atoms. The van der Waals surface area contributed by atoms with Crippen molar-refractivity contribution in [2.24, 2.45) is 5.73 Å². The molecule has 2 amide bonds. The quantitative estimate of drug-likeness (QED) is 0.897. The molecule has 2 aromatic rings. The summed E-state index contributed by atoms with van der Waals surface area (Å²) >= 11 is 0. The summed E-state index contributed by atoms with van der Waals surface area (Å²) in [6.07, 6.45) is 0.552. The molecule has 0 saturated heterocycles. The second kappa shape index (κ2) is 7.70. The molecule has 0 saturated carbocycles. The maximum absolute atomic E-state index is 12.8. The molecular formula is C21H25N3O2. The zero-order valence-corrected chi connectivity index (χ0v) is 15.3. The van der Waals surface area contributed by atoms with E-state index in [0.717, 1.165) is 16.7 Å². The Morgan fingerprint density at radius 1 is 1.12 bits per heavy atom. The number of hydrogen-bond donors (Lipinski definition) is 1. The van der Waals surface area contributed by atoms with Crippen molar-refractivity contribution >= 4 is 11.8 Å². The van der Waals surface area contributed by atoms with Crippen LogP contribution in [0.4, 0.5) is 0 Å². The number of carbonyl (C=O) groups excluding carboxylic acids is 2. The third kappa shape index (κ3) is 3.78. The number of benzene rings is 2. The Morgan fingerprint density at radius 2 is 1.73 bits per heavy atom. The van der Waals surface area contributed by atoms with Crippen LogP contribution in [0.1, 0.15) is 29.7 Å². The Morgan fingerprint density at radius 3 is 2.38 bits per heavy atom. The van der Waals surface area contributed by atoms with E-state index in [0.29, 0.717) is 13.0 Å². The highest BCUT2D eigenvalue weighted by Gasteiger charge is 2.32. The average molecular weight is 351 g/mol. The monoisotopic (exact) mass is 351 g/mol. The van der Waals surface area contributed by atoms with Crippen LogP contribution in [0, 0.1) is 0 Å². The highest BCUT2D eigenvalue weighted by molar-refractivity contribution is 5.83. The summed E-state index contributed by atoms with van der Waals surface area (Å²) in [6, 6.07) is 17.4. The fraction of sp³-hybridized carbons (Fsp3) is 0.333. The Bertz CT molecular complexity index is 791. The van der Waals surface area contributed by atoms with Gasteiger partial charge in [-0.25, -0.2) is 0 Å². The summed E-state index contributed by atoms with van der Waals surface area (Å²) in [4.78, 5) is 28.4. The number of fused-ring (bicyclic) bond motifs is 1. The van der Waals surface area contributed by atoms with Gasteiger partial charge in [-0.05, 0) is 30.0 Å². The normalized spacial score (nSPS) is 18.0. The molecule has 0 aromatic heterocycles. The molecule has 1 aliphatic heterocycles. The Kier molecular flexibility index (Phi) is 5.38. The Balaban J connectivity index is 1.74. The topological polar surface area (TPSA) is 66.6 Å². The van der Waals surface area contributed by atoms with Gasteiger partial charge in [0.25, 0.3) is 0 Å². The highest BCUT2D eigenvalue weighted by Crippen LogP contribution is 2.24. The third-order valence-corrected chi connectivity index (χ3v) is 5.27. The standard InChI is InChI=1S/C21H25N3O2/c1-15(16-8-4-3-5-9-16)23(2)20(25)14-24-13-18-11-7-6-10-17(18)12-19(24)21(22)26/h3-11,15,19H,12-14H2,1-2H3,(H2,22,26)/t15-,19-/m1/s1. The van der Waals surface area contributed by atoms with Gasteiger partial charge in [-0.15, -0.1) is 0 Å². The Hall–Kier alpha value is -2.66. The van der Waals surface area contributed by atoms with Gasteiger partial charge in [0, 0.05) is 13.6 Å². The first-order valence-corrected chi connectivity index (χ1v) is 8.88. The van der Waals surface area contributed by atoms with Crippen LogP contribution in [0.15, 0.2) is 54.6 Å². The zero-order chi connectivity index (χ0) is 18.7. The van der Waals surface area contributed by atoms with Crippen molar-refractivity contribution in [3.63, 3.8) is 0 Å². The summed E-state index contributed by atoms with van der Waals surface area (Å²) in [5.41, 5.74) is 8.97. The van der Waals surface area contributed by atoms with Gasteiger partial charge in [-0.3, -0.25) is 14.5 Å². The van der Waals surface area contributed by atoms with E-state index in [9.17, 15) is 9.59 Å². The molecule has 0 unspecified atom stereocenters. The molecule has 1 heterocycles. The van der Waals surface area contributed by atoms with E-state index >= 15 is 0 Å². The first kappa shape index (κ1) is 18.1. The van der Waals surface area contributed by atoms with E-state index in [1.165, 1.54) is 0 Å². The predicted octanol–water partition coefficient (Wildman–Crippen LogP) is 2.12. The second-order valence-electron chi connectivity index (χ2n) is 6.89. The maximum Gasteiger partial charge on any atom is 0.237 e. The first-order valence-electron chi connectivity index (χ1n) is 8.88. The van der Waals surface area contributed by atoms with Gasteiger partial charge >= 0.3 is 0 Å². The number of rotatable bonds is 5. The minimum atomic E-state index is -0.450. The second-order valence-corrected chi connectivity index (χ2v) is 6.89. The SMILES string of the molecule is C[C@H](c1ccccc1)N(C)C(=O)CN1Cc2ccccc2C[C@@H]1C(N)=O. The summed E-state index contributed by atoms with van der Waals surface area (Å²) in [5.74, 6) is -0.405. The number of likely N-dealkylation sites (N-methyl/N-ethyl adjacent to an activating group) is 1. The molecule has 0 aliphatic carbocycles. The highest BCUT2D eigenvalue weighted by atomic mass is 16.2. The zero-order valence-electron chi connectivity index (χ0n) is 15.3. The van der Waals surface area contributed by atoms with Gasteiger partial charge in [0.15, 0.2) is 0 Å². The summed E-state index contributed by atoms with van der Waals surface area (Å²) in [7, 11) is 1.80. The fourth-order valence-corrected chi connectivity index (χ4v) is 3.48. The van der Waals surface area contributed by atoms with Gasteiger partial charge in [0.1, 0.15) is 0 Å². The van der Waals surface area contributed by atoms with E-state index in [2.05, 4.69) is 0 Å². The van der Waals surface area contributed by atoms with E-state index in [1.807, 2.05) is 66.4 Å². The van der Waals surface area contributed by atoms with Crippen LogP contribution in [-0.4, -0.2) is 41.2 Å². The molecule has 3 rings (SSSR count). The van der Waals surface area contributed by atoms with Gasteiger partial charge in [-0.1, -0.05) is 54.6 Å². The lowest BCUT2D eigenvalue weighted by molar-refractivity contribution is -0.135. The van der Waals surface area contributed by atoms with Crippen molar-refractivity contribution in [1.82, 2.24) is 9.80 Å². The molecule has 1 aliphatic rings. The molecule has 2 aromatic carbocycles. The van der Waals surface area contributed by atoms with Crippen LogP contribution >= 0.6 is 0 Å². The average Bonchev–Trinajstić information content (AvgIpc) is 2.66. The summed E-state index contributed by atoms with van der Waals surface area (Å²) < 4.78 is 0. The molecule has 5 nitrogen and oxygen atoms in total. The van der Waals surface area contributed by atoms with E-state index in [-0.39, 0.29) is 24.4 Å². The van der Waals surface area contributed by atoms with Gasteiger partial charge in [0.05, 0.1) is 18.6 Å². The lowest BCUT2D eigenvalue weighted by atomic mass is 9.93. The summed E-state index contributed by atoms with van der Waals surface area (Å²) in [5, 5.41) is 0. The minimum absolute atomic E-state index is 0.0213. The van der Waals surface area contributed by atoms with Gasteiger partial charge < -0.3 is 10.6 Å². The smallest absolute Gasteiger partial charge is 0.237 e. The van der Waals surface area contributed by atoms with Crippen molar-refractivity contribution < 1.29 is 9.59 Å². The van der Waals surface area contributed by atoms with Crippen LogP contribution < -0.4 is 5.73 Å². The van der Waals surface area contributed by atoms with Crippen molar-refractivity contribution in [2.45, 2.75) is 32.0 Å². The maximum atomic E-state index is 12.8. The van der Waals surface area contributed by atoms with Crippen LogP contribution in [-0.2, 0) is 22.6 Å². The van der Waals surface area contributed by atoms with Crippen molar-refractivity contribution in [2.75, 3.05) is 13.6 Å². The van der Waals surface area contributed by atoms with Crippen LogP contribution in [0.2, 0.25) is 0 Å². The molecule has 0 radical (unpaired) electrons. The first-order chi connectivity index (χ1) is 12.5. The van der Waals surface area contributed by atoms with Crippen molar-refractivity contribution in [3.8, 4) is 0 Å². The molecule has 2 atom stereocenters. The molecule has 136 valence electrons. The number of nitrogens with zero attached hydrogens (tertiary/aromatic N) is 2. The number of nitrogens with two attached hydrogens (primary N) is 1. The molecule has 5 heteroatoms. The van der Waals surface area contributed by atoms with Crippen LogP contribution in [0.5, 0.6) is 0 Å². The molecule has 0 bridgehead atoms. The Labute approximate surface area is 154 Å². The molecule has 2 N–H and O–H groups in total. The largest absolute Gasteiger partial charge is 0.368 e. The minimum Gasteiger partial charge on any atom is -0.368 e. The lowest BCUT2D eigenvalue weighted by Crippen LogP contribution is -2.52. The molecular weight excluding hydrogens is 326 g/mol. The van der Waals surface area contributed by atoms with Gasteiger partial charge in [-0.2, -0.15) is 0 Å². The third-order valence-electron chi connectivity index (χ3n) is 5.27. The number of carbonyl (C=O) groups is 2. The van der Waals surface area contributed by atoms with E-state index < -0.39 is 6.04 Å². The van der Waals surface area contributed by atoms with E-state index in [4.69, 9.17) is 5.73 Å². The summed E-state index contributed by atoms with van der Waals surface area (Å²) in [6.45, 7) is 2.74. The van der Waals surface area contributed by atoms with Crippen LogP contribution in [0.25, 0.3) is 0 Å². The van der Waals surface area contributed by atoms with Crippen molar-refractivity contribution in [3.05, 3.63) is 71.3 Å². The molecule has 0 spiro atoms. The lowest BCUT2D eigenvalue weighted by Gasteiger charge is -2.36. The van der Waals surface area contributed by atoms with Crippen molar-refractivity contribution in [1.29, 1.82) is 0 Å². The van der Waals surface area contributed by atoms with Crippen LogP contribution in [0.3, 0.4) is 0 Å². The number of amides is 2. The van der Waals surface area contributed by atoms with E-state index in [1.54, 1.807) is 11.9 Å². The fourth-order valence-electron chi connectivity index (χ4n) is 3.48. The molecule has 0 fully saturated rings.